The van der Waals surface area contributed by atoms with Crippen LogP contribution in [0.5, 0.6) is 5.75 Å². The van der Waals surface area contributed by atoms with Crippen LogP contribution in [0.1, 0.15) is 38.7 Å². The van der Waals surface area contributed by atoms with Gasteiger partial charge in [-0.2, -0.15) is 0 Å². The van der Waals surface area contributed by atoms with E-state index in [1.165, 1.54) is 24.8 Å². The molecular formula is C14H23NO. The van der Waals surface area contributed by atoms with Gasteiger partial charge in [0, 0.05) is 6.04 Å². The van der Waals surface area contributed by atoms with Crippen LogP contribution in [-0.4, -0.2) is 17.7 Å². The Labute approximate surface area is 98.7 Å². The molecule has 0 aliphatic carbocycles. The minimum absolute atomic E-state index is 0.372. The highest BCUT2D eigenvalue weighted by Gasteiger charge is 2.03. The van der Waals surface area contributed by atoms with E-state index >= 15 is 0 Å². The molecule has 1 unspecified atom stereocenters. The molecule has 0 aliphatic rings. The standard InChI is InChI=1S/C14H23NO/c1-3-13(15-4-2)9-5-7-12-8-6-10-14(16)11-12/h6,8,10-11,13,15-16H,3-5,7,9H2,1-2H3. The lowest BCUT2D eigenvalue weighted by molar-refractivity contribution is 0.464. The van der Waals surface area contributed by atoms with Crippen molar-refractivity contribution in [3.63, 3.8) is 0 Å². The molecule has 0 amide bonds. The average Bonchev–Trinajstić information content (AvgIpc) is 2.28. The first kappa shape index (κ1) is 13.0. The summed E-state index contributed by atoms with van der Waals surface area (Å²) in [7, 11) is 0. The molecule has 0 fully saturated rings. The zero-order chi connectivity index (χ0) is 11.8. The van der Waals surface area contributed by atoms with Gasteiger partial charge in [-0.1, -0.05) is 26.0 Å². The third-order valence-corrected chi connectivity index (χ3v) is 2.91. The summed E-state index contributed by atoms with van der Waals surface area (Å²) in [6.45, 7) is 5.42. The Bertz CT molecular complexity index is 299. The van der Waals surface area contributed by atoms with Crippen molar-refractivity contribution in [1.29, 1.82) is 0 Å². The van der Waals surface area contributed by atoms with Crippen molar-refractivity contribution in [3.8, 4) is 5.75 Å². The molecule has 1 aromatic carbocycles. The van der Waals surface area contributed by atoms with Gasteiger partial charge in [-0.05, 0) is 49.9 Å². The van der Waals surface area contributed by atoms with Crippen molar-refractivity contribution >= 4 is 0 Å². The van der Waals surface area contributed by atoms with Gasteiger partial charge in [-0.25, -0.2) is 0 Å². The average molecular weight is 221 g/mol. The first-order valence-corrected chi connectivity index (χ1v) is 6.27. The van der Waals surface area contributed by atoms with Crippen molar-refractivity contribution in [2.24, 2.45) is 0 Å². The molecule has 0 aliphatic heterocycles. The Morgan fingerprint density at radius 3 is 2.75 bits per heavy atom. The van der Waals surface area contributed by atoms with Gasteiger partial charge in [-0.15, -0.1) is 0 Å². The fourth-order valence-corrected chi connectivity index (χ4v) is 2.00. The topological polar surface area (TPSA) is 32.3 Å². The Balaban J connectivity index is 2.29. The van der Waals surface area contributed by atoms with E-state index in [0.29, 0.717) is 11.8 Å². The zero-order valence-electron chi connectivity index (χ0n) is 10.4. The highest BCUT2D eigenvalue weighted by Crippen LogP contribution is 2.14. The van der Waals surface area contributed by atoms with Crippen LogP contribution >= 0.6 is 0 Å². The molecule has 0 aromatic heterocycles. The number of nitrogens with one attached hydrogen (secondary N) is 1. The van der Waals surface area contributed by atoms with Gasteiger partial charge in [-0.3, -0.25) is 0 Å². The molecule has 2 nitrogen and oxygen atoms in total. The smallest absolute Gasteiger partial charge is 0.115 e. The van der Waals surface area contributed by atoms with Crippen molar-refractivity contribution in [1.82, 2.24) is 5.32 Å². The van der Waals surface area contributed by atoms with E-state index in [-0.39, 0.29) is 0 Å². The first-order chi connectivity index (χ1) is 7.76. The molecule has 2 heteroatoms. The Morgan fingerprint density at radius 2 is 2.12 bits per heavy atom. The predicted octanol–water partition coefficient (Wildman–Crippen LogP) is 3.10. The minimum Gasteiger partial charge on any atom is -0.508 e. The van der Waals surface area contributed by atoms with Gasteiger partial charge in [0.2, 0.25) is 0 Å². The van der Waals surface area contributed by atoms with Crippen LogP contribution in [0.2, 0.25) is 0 Å². The number of aromatic hydroxyl groups is 1. The maximum atomic E-state index is 9.34. The maximum Gasteiger partial charge on any atom is 0.115 e. The third kappa shape index (κ3) is 4.67. The van der Waals surface area contributed by atoms with Gasteiger partial charge < -0.3 is 10.4 Å². The van der Waals surface area contributed by atoms with Crippen LogP contribution in [0.15, 0.2) is 24.3 Å². The fourth-order valence-electron chi connectivity index (χ4n) is 2.00. The molecule has 0 saturated heterocycles. The van der Waals surface area contributed by atoms with E-state index in [9.17, 15) is 5.11 Å². The third-order valence-electron chi connectivity index (χ3n) is 2.91. The first-order valence-electron chi connectivity index (χ1n) is 6.27. The van der Waals surface area contributed by atoms with Crippen molar-refractivity contribution in [3.05, 3.63) is 29.8 Å². The van der Waals surface area contributed by atoms with Crippen molar-refractivity contribution in [2.45, 2.75) is 45.6 Å². The Hall–Kier alpha value is -1.02. The molecule has 0 radical (unpaired) electrons. The van der Waals surface area contributed by atoms with Crippen LogP contribution < -0.4 is 5.32 Å². The number of aryl methyl sites for hydroxylation is 1. The lowest BCUT2D eigenvalue weighted by atomic mass is 10.0. The van der Waals surface area contributed by atoms with Crippen LogP contribution in [0, 0.1) is 0 Å². The molecule has 1 aromatic rings. The Morgan fingerprint density at radius 1 is 1.31 bits per heavy atom. The van der Waals surface area contributed by atoms with Crippen molar-refractivity contribution in [2.75, 3.05) is 6.54 Å². The van der Waals surface area contributed by atoms with Gasteiger partial charge in [0.05, 0.1) is 0 Å². The van der Waals surface area contributed by atoms with Crippen LogP contribution in [-0.2, 0) is 6.42 Å². The second kappa shape index (κ2) is 7.29. The molecule has 0 heterocycles. The largest absolute Gasteiger partial charge is 0.508 e. The van der Waals surface area contributed by atoms with Gasteiger partial charge in [0.1, 0.15) is 5.75 Å². The molecule has 0 bridgehead atoms. The molecular weight excluding hydrogens is 198 g/mol. The zero-order valence-corrected chi connectivity index (χ0v) is 10.4. The van der Waals surface area contributed by atoms with E-state index in [2.05, 4.69) is 25.2 Å². The van der Waals surface area contributed by atoms with E-state index in [4.69, 9.17) is 0 Å². The number of hydrogen-bond acceptors (Lipinski definition) is 2. The maximum absolute atomic E-state index is 9.34. The van der Waals surface area contributed by atoms with E-state index in [1.807, 2.05) is 12.1 Å². The number of rotatable bonds is 7. The fraction of sp³-hybridized carbons (Fsp3) is 0.571. The van der Waals surface area contributed by atoms with Crippen LogP contribution in [0.3, 0.4) is 0 Å². The minimum atomic E-state index is 0.372. The highest BCUT2D eigenvalue weighted by atomic mass is 16.3. The van der Waals surface area contributed by atoms with Crippen molar-refractivity contribution < 1.29 is 5.11 Å². The quantitative estimate of drug-likeness (QED) is 0.741. The summed E-state index contributed by atoms with van der Waals surface area (Å²) in [5.41, 5.74) is 1.23. The molecule has 2 N–H and O–H groups in total. The molecule has 16 heavy (non-hydrogen) atoms. The predicted molar refractivity (Wildman–Crippen MR) is 68.8 cm³/mol. The summed E-state index contributed by atoms with van der Waals surface area (Å²) in [6.07, 6.45) is 4.62. The molecule has 0 spiro atoms. The van der Waals surface area contributed by atoms with Gasteiger partial charge >= 0.3 is 0 Å². The summed E-state index contributed by atoms with van der Waals surface area (Å²) < 4.78 is 0. The van der Waals surface area contributed by atoms with Crippen LogP contribution in [0.4, 0.5) is 0 Å². The van der Waals surface area contributed by atoms with E-state index in [1.54, 1.807) is 6.07 Å². The number of phenolic OH excluding ortho intramolecular Hbond substituents is 1. The van der Waals surface area contributed by atoms with Gasteiger partial charge in [0.25, 0.3) is 0 Å². The van der Waals surface area contributed by atoms with E-state index in [0.717, 1.165) is 13.0 Å². The van der Waals surface area contributed by atoms with E-state index < -0.39 is 0 Å². The summed E-state index contributed by atoms with van der Waals surface area (Å²) in [6, 6.07) is 8.20. The monoisotopic (exact) mass is 221 g/mol. The summed E-state index contributed by atoms with van der Waals surface area (Å²) in [4.78, 5) is 0. The Kier molecular flexibility index (Phi) is 5.94. The molecule has 0 saturated carbocycles. The lowest BCUT2D eigenvalue weighted by Crippen LogP contribution is -2.27. The summed E-state index contributed by atoms with van der Waals surface area (Å²) in [5.74, 6) is 0.372. The SMILES string of the molecule is CCNC(CC)CCCc1cccc(O)c1. The second-order valence-corrected chi connectivity index (χ2v) is 4.22. The molecule has 90 valence electrons. The number of hydrogen-bond donors (Lipinski definition) is 2. The van der Waals surface area contributed by atoms with Gasteiger partial charge in [0.15, 0.2) is 0 Å². The summed E-state index contributed by atoms with van der Waals surface area (Å²) in [5, 5.41) is 12.8. The molecule has 1 atom stereocenters. The van der Waals surface area contributed by atoms with Crippen LogP contribution in [0.25, 0.3) is 0 Å². The number of phenols is 1. The molecule has 1 rings (SSSR count). The summed E-state index contributed by atoms with van der Waals surface area (Å²) >= 11 is 0. The second-order valence-electron chi connectivity index (χ2n) is 4.22. The highest BCUT2D eigenvalue weighted by molar-refractivity contribution is 5.27. The lowest BCUT2D eigenvalue weighted by Gasteiger charge is -2.15. The number of benzene rings is 1. The normalized spacial score (nSPS) is 12.6.